The first kappa shape index (κ1) is 21.1. The summed E-state index contributed by atoms with van der Waals surface area (Å²) in [7, 11) is 4.50. The van der Waals surface area contributed by atoms with Crippen LogP contribution in [0.25, 0.3) is 10.9 Å². The Morgan fingerprint density at radius 3 is 2.12 bits per heavy atom. The molecule has 2 amide bonds. The summed E-state index contributed by atoms with van der Waals surface area (Å²) >= 11 is 0. The molecule has 2 heterocycles. The molecule has 0 aliphatic carbocycles. The molecule has 0 saturated carbocycles. The number of aromatic nitrogens is 1. The average Bonchev–Trinajstić information content (AvgIpc) is 2.81. The summed E-state index contributed by atoms with van der Waals surface area (Å²) in [6.45, 7) is 2.84. The molecular weight excluding hydrogens is 412 g/mol. The summed E-state index contributed by atoms with van der Waals surface area (Å²) < 4.78 is 16.3. The van der Waals surface area contributed by atoms with E-state index in [-0.39, 0.29) is 17.6 Å². The van der Waals surface area contributed by atoms with Crippen LogP contribution in [0.1, 0.15) is 19.4 Å². The van der Waals surface area contributed by atoms with Crippen molar-refractivity contribution in [2.24, 2.45) is 5.10 Å². The van der Waals surface area contributed by atoms with Crippen LogP contribution in [0.3, 0.4) is 0 Å². The summed E-state index contributed by atoms with van der Waals surface area (Å²) in [5.74, 6) is 0.821. The molecule has 0 spiro atoms. The smallest absolute Gasteiger partial charge is 0.244 e. The topological polar surface area (TPSA) is 93.6 Å². The Balaban J connectivity index is 2.02. The summed E-state index contributed by atoms with van der Waals surface area (Å²) in [6, 6.07) is 10.7. The highest BCUT2D eigenvalue weighted by Crippen LogP contribution is 2.43. The molecule has 0 bridgehead atoms. The summed E-state index contributed by atoms with van der Waals surface area (Å²) in [5, 5.41) is 6.57. The van der Waals surface area contributed by atoms with E-state index in [9.17, 15) is 9.59 Å². The molecule has 0 radical (unpaired) electrons. The fourth-order valence-electron chi connectivity index (χ4n) is 3.75. The van der Waals surface area contributed by atoms with Crippen LogP contribution in [0.4, 0.5) is 11.4 Å². The standard InChI is InChI=1S/C23H22N4O5/c1-13(28)26-18-12-24-17-9-7-6-8-16(17)21(18)27(14(2)29)25-23(26)15-10-19(30-3)22(32-5)20(11-15)31-4/h6-12H,1-5H3. The lowest BCUT2D eigenvalue weighted by molar-refractivity contribution is -0.117. The highest BCUT2D eigenvalue weighted by molar-refractivity contribution is 6.28. The van der Waals surface area contributed by atoms with Crippen LogP contribution >= 0.6 is 0 Å². The van der Waals surface area contributed by atoms with Gasteiger partial charge in [0.25, 0.3) is 0 Å². The van der Waals surface area contributed by atoms with Gasteiger partial charge in [0, 0.05) is 24.8 Å². The van der Waals surface area contributed by atoms with Crippen LogP contribution < -0.4 is 24.1 Å². The van der Waals surface area contributed by atoms with Gasteiger partial charge in [-0.1, -0.05) is 18.2 Å². The van der Waals surface area contributed by atoms with Crippen molar-refractivity contribution in [3.63, 3.8) is 0 Å². The predicted molar refractivity (Wildman–Crippen MR) is 121 cm³/mol. The highest BCUT2D eigenvalue weighted by atomic mass is 16.5. The van der Waals surface area contributed by atoms with E-state index in [0.717, 1.165) is 0 Å². The minimum atomic E-state index is -0.309. The number of pyridine rings is 1. The predicted octanol–water partition coefficient (Wildman–Crippen LogP) is 3.34. The van der Waals surface area contributed by atoms with Crippen molar-refractivity contribution in [2.75, 3.05) is 31.2 Å². The lowest BCUT2D eigenvalue weighted by atomic mass is 10.1. The van der Waals surface area contributed by atoms with Crippen LogP contribution in [0, 0.1) is 0 Å². The van der Waals surface area contributed by atoms with Crippen molar-refractivity contribution in [1.82, 2.24) is 4.98 Å². The molecule has 9 nitrogen and oxygen atoms in total. The van der Waals surface area contributed by atoms with Gasteiger partial charge in [-0.25, -0.2) is 0 Å². The molecule has 9 heteroatoms. The van der Waals surface area contributed by atoms with Crippen LogP contribution in [-0.2, 0) is 9.59 Å². The second-order valence-electron chi connectivity index (χ2n) is 7.03. The quantitative estimate of drug-likeness (QED) is 0.625. The van der Waals surface area contributed by atoms with Gasteiger partial charge in [-0.05, 0) is 18.2 Å². The number of methoxy groups -OCH3 is 3. The number of hydrogen-bond acceptors (Lipinski definition) is 7. The van der Waals surface area contributed by atoms with Gasteiger partial charge < -0.3 is 14.2 Å². The Bertz CT molecular complexity index is 1250. The Labute approximate surface area is 184 Å². The second kappa shape index (κ2) is 8.18. The van der Waals surface area contributed by atoms with E-state index in [2.05, 4.69) is 10.1 Å². The Morgan fingerprint density at radius 2 is 1.56 bits per heavy atom. The zero-order valence-corrected chi connectivity index (χ0v) is 18.4. The van der Waals surface area contributed by atoms with E-state index in [0.29, 0.717) is 45.1 Å². The van der Waals surface area contributed by atoms with Crippen LogP contribution in [0.5, 0.6) is 17.2 Å². The number of anilines is 2. The van der Waals surface area contributed by atoms with E-state index < -0.39 is 0 Å². The number of carbonyl (C=O) groups is 2. The molecule has 0 unspecified atom stereocenters. The third kappa shape index (κ3) is 3.27. The van der Waals surface area contributed by atoms with Crippen molar-refractivity contribution < 1.29 is 23.8 Å². The van der Waals surface area contributed by atoms with Crippen molar-refractivity contribution in [1.29, 1.82) is 0 Å². The van der Waals surface area contributed by atoms with E-state index in [4.69, 9.17) is 14.2 Å². The zero-order valence-electron chi connectivity index (χ0n) is 18.4. The molecule has 0 N–H and O–H groups in total. The molecule has 0 saturated heterocycles. The first-order valence-electron chi connectivity index (χ1n) is 9.79. The lowest BCUT2D eigenvalue weighted by Gasteiger charge is -2.34. The molecule has 164 valence electrons. The first-order valence-corrected chi connectivity index (χ1v) is 9.79. The Hall–Kier alpha value is -4.14. The van der Waals surface area contributed by atoms with Gasteiger partial charge in [0.1, 0.15) is 5.69 Å². The number of amidine groups is 1. The van der Waals surface area contributed by atoms with E-state index in [1.807, 2.05) is 24.3 Å². The summed E-state index contributed by atoms with van der Waals surface area (Å²) in [4.78, 5) is 31.4. The molecule has 1 aliphatic heterocycles. The number of rotatable bonds is 4. The number of fused-ring (bicyclic) bond motifs is 3. The second-order valence-corrected chi connectivity index (χ2v) is 7.03. The van der Waals surface area contributed by atoms with E-state index >= 15 is 0 Å². The van der Waals surface area contributed by atoms with Gasteiger partial charge in [-0.15, -0.1) is 5.10 Å². The molecule has 2 aromatic carbocycles. The fraction of sp³-hybridized carbons (Fsp3) is 0.217. The molecule has 0 atom stereocenters. The number of hydrogen-bond donors (Lipinski definition) is 0. The lowest BCUT2D eigenvalue weighted by Crippen LogP contribution is -2.43. The average molecular weight is 434 g/mol. The minimum Gasteiger partial charge on any atom is -0.493 e. The van der Waals surface area contributed by atoms with Crippen molar-refractivity contribution >= 4 is 39.9 Å². The molecule has 4 rings (SSSR count). The minimum absolute atomic E-state index is 0.233. The van der Waals surface area contributed by atoms with Gasteiger partial charge in [-0.3, -0.25) is 19.5 Å². The van der Waals surface area contributed by atoms with Gasteiger partial charge in [0.15, 0.2) is 17.3 Å². The Kier molecular flexibility index (Phi) is 5.40. The number of amides is 2. The van der Waals surface area contributed by atoms with E-state index in [1.165, 1.54) is 45.1 Å². The molecule has 3 aromatic rings. The largest absolute Gasteiger partial charge is 0.493 e. The van der Waals surface area contributed by atoms with Gasteiger partial charge in [-0.2, -0.15) is 5.01 Å². The number of benzene rings is 2. The SMILES string of the molecule is COc1cc(C2=NN(C(C)=O)c3c(cnc4ccccc34)N2C(C)=O)cc(OC)c1OC. The molecular formula is C23H22N4O5. The van der Waals surface area contributed by atoms with Crippen molar-refractivity contribution in [3.05, 3.63) is 48.2 Å². The van der Waals surface area contributed by atoms with Crippen LogP contribution in [0.2, 0.25) is 0 Å². The van der Waals surface area contributed by atoms with Crippen LogP contribution in [0.15, 0.2) is 47.7 Å². The number of ether oxygens (including phenoxy) is 3. The van der Waals surface area contributed by atoms with Crippen LogP contribution in [-0.4, -0.2) is 44.0 Å². The number of carbonyl (C=O) groups excluding carboxylic acids is 2. The number of hydrazone groups is 1. The summed E-state index contributed by atoms with van der Waals surface area (Å²) in [5.41, 5.74) is 2.13. The zero-order chi connectivity index (χ0) is 23.0. The van der Waals surface area contributed by atoms with Crippen molar-refractivity contribution in [3.8, 4) is 17.2 Å². The van der Waals surface area contributed by atoms with Crippen molar-refractivity contribution in [2.45, 2.75) is 13.8 Å². The number of para-hydroxylation sites is 1. The molecule has 0 fully saturated rings. The maximum Gasteiger partial charge on any atom is 0.244 e. The fourth-order valence-corrected chi connectivity index (χ4v) is 3.75. The maximum absolute atomic E-state index is 12.8. The third-order valence-electron chi connectivity index (χ3n) is 5.12. The molecule has 32 heavy (non-hydrogen) atoms. The molecule has 1 aromatic heterocycles. The summed E-state index contributed by atoms with van der Waals surface area (Å²) in [6.07, 6.45) is 1.57. The van der Waals surface area contributed by atoms with Gasteiger partial charge >= 0.3 is 0 Å². The molecule has 1 aliphatic rings. The Morgan fingerprint density at radius 1 is 0.906 bits per heavy atom. The normalized spacial score (nSPS) is 12.8. The maximum atomic E-state index is 12.8. The number of nitrogens with zero attached hydrogens (tertiary/aromatic N) is 4. The third-order valence-corrected chi connectivity index (χ3v) is 5.12. The highest BCUT2D eigenvalue weighted by Gasteiger charge is 2.34. The van der Waals surface area contributed by atoms with Gasteiger partial charge in [0.05, 0.1) is 38.7 Å². The first-order chi connectivity index (χ1) is 15.4. The van der Waals surface area contributed by atoms with E-state index in [1.54, 1.807) is 18.3 Å². The monoisotopic (exact) mass is 434 g/mol. The van der Waals surface area contributed by atoms with Gasteiger partial charge in [0.2, 0.25) is 17.6 Å².